The summed E-state index contributed by atoms with van der Waals surface area (Å²) in [5.41, 5.74) is 2.78. The highest BCUT2D eigenvalue weighted by molar-refractivity contribution is 7.90. The minimum atomic E-state index is -3.71. The van der Waals surface area contributed by atoms with E-state index in [0.29, 0.717) is 49.2 Å². The molecule has 1 fully saturated rings. The van der Waals surface area contributed by atoms with Gasteiger partial charge in [-0.3, -0.25) is 4.72 Å². The summed E-state index contributed by atoms with van der Waals surface area (Å²) in [6.45, 7) is 3.47. The molecule has 0 atom stereocenters. The summed E-state index contributed by atoms with van der Waals surface area (Å²) in [4.78, 5) is 15.1. The highest BCUT2D eigenvalue weighted by atomic mass is 32.2. The Balaban J connectivity index is 1.28. The molecule has 1 aliphatic rings. The first kappa shape index (κ1) is 18.8. The molecule has 0 bridgehead atoms. The van der Waals surface area contributed by atoms with Crippen molar-refractivity contribution < 1.29 is 12.8 Å². The zero-order valence-corrected chi connectivity index (χ0v) is 17.1. The molecule has 154 valence electrons. The van der Waals surface area contributed by atoms with E-state index in [0.717, 1.165) is 16.6 Å². The van der Waals surface area contributed by atoms with Gasteiger partial charge in [-0.15, -0.1) is 0 Å². The van der Waals surface area contributed by atoms with Crippen molar-refractivity contribution >= 4 is 44.2 Å². The van der Waals surface area contributed by atoms with Crippen molar-refractivity contribution in [2.45, 2.75) is 6.92 Å². The lowest BCUT2D eigenvalue weighted by molar-refractivity contribution is 0.376. The van der Waals surface area contributed by atoms with Crippen LogP contribution in [0.4, 0.5) is 11.8 Å². The van der Waals surface area contributed by atoms with Crippen molar-refractivity contribution in [1.29, 1.82) is 0 Å². The SMILES string of the molecule is Cc1ccc2oc(N3CCN(S(=O)(=O)Nc4ccc5ccccc5n4)CC3)nc2n1. The van der Waals surface area contributed by atoms with Gasteiger partial charge in [0.1, 0.15) is 5.82 Å². The molecule has 4 heterocycles. The molecule has 9 nitrogen and oxygen atoms in total. The number of aryl methyl sites for hydroxylation is 1. The standard InChI is InChI=1S/C20H20N6O3S/c1-14-6-8-17-19(21-14)23-20(29-17)25-10-12-26(13-11-25)30(27,28)24-18-9-7-15-4-2-3-5-16(15)22-18/h2-9H,10-13H2,1H3,(H,22,24). The predicted octanol–water partition coefficient (Wildman–Crippen LogP) is 2.56. The van der Waals surface area contributed by atoms with E-state index >= 15 is 0 Å². The normalized spacial score (nSPS) is 15.7. The Kier molecular flexibility index (Phi) is 4.52. The van der Waals surface area contributed by atoms with Crippen LogP contribution in [0, 0.1) is 6.92 Å². The van der Waals surface area contributed by atoms with E-state index < -0.39 is 10.2 Å². The van der Waals surface area contributed by atoms with Crippen LogP contribution in [0.3, 0.4) is 0 Å². The van der Waals surface area contributed by atoms with Crippen LogP contribution in [0.2, 0.25) is 0 Å². The number of anilines is 2. The predicted molar refractivity (Wildman–Crippen MR) is 115 cm³/mol. The third-order valence-electron chi connectivity index (χ3n) is 5.06. The second kappa shape index (κ2) is 7.22. The van der Waals surface area contributed by atoms with Gasteiger partial charge in [-0.25, -0.2) is 9.97 Å². The average Bonchev–Trinajstić information content (AvgIpc) is 3.17. The molecule has 1 aliphatic heterocycles. The summed E-state index contributed by atoms with van der Waals surface area (Å²) in [7, 11) is -3.71. The second-order valence-corrected chi connectivity index (χ2v) is 8.82. The maximum Gasteiger partial charge on any atom is 0.302 e. The van der Waals surface area contributed by atoms with E-state index in [4.69, 9.17) is 4.42 Å². The van der Waals surface area contributed by atoms with E-state index in [9.17, 15) is 8.42 Å². The van der Waals surface area contributed by atoms with Gasteiger partial charge in [0.05, 0.1) is 5.52 Å². The fourth-order valence-corrected chi connectivity index (χ4v) is 4.63. The maximum atomic E-state index is 12.8. The van der Waals surface area contributed by atoms with Gasteiger partial charge in [0.2, 0.25) is 5.65 Å². The molecule has 0 aliphatic carbocycles. The topological polar surface area (TPSA) is 104 Å². The number of aromatic nitrogens is 3. The van der Waals surface area contributed by atoms with Crippen LogP contribution >= 0.6 is 0 Å². The first-order chi connectivity index (χ1) is 14.5. The molecular formula is C20H20N6O3S. The monoisotopic (exact) mass is 424 g/mol. The van der Waals surface area contributed by atoms with E-state index in [-0.39, 0.29) is 0 Å². The number of pyridine rings is 2. The zero-order valence-electron chi connectivity index (χ0n) is 16.3. The van der Waals surface area contributed by atoms with Gasteiger partial charge in [-0.05, 0) is 37.3 Å². The summed E-state index contributed by atoms with van der Waals surface area (Å²) < 4.78 is 35.4. The van der Waals surface area contributed by atoms with Gasteiger partial charge >= 0.3 is 10.2 Å². The Bertz CT molecular complexity index is 1330. The molecule has 1 N–H and O–H groups in total. The van der Waals surface area contributed by atoms with Gasteiger partial charge in [0.25, 0.3) is 6.01 Å². The van der Waals surface area contributed by atoms with Crippen molar-refractivity contribution in [2.75, 3.05) is 35.8 Å². The number of rotatable bonds is 4. The van der Waals surface area contributed by atoms with Gasteiger partial charge in [-0.2, -0.15) is 17.7 Å². The molecule has 0 saturated carbocycles. The molecule has 30 heavy (non-hydrogen) atoms. The molecule has 4 aromatic rings. The average molecular weight is 424 g/mol. The molecule has 0 amide bonds. The fourth-order valence-electron chi connectivity index (χ4n) is 3.48. The number of para-hydroxylation sites is 1. The molecule has 0 unspecified atom stereocenters. The summed E-state index contributed by atoms with van der Waals surface area (Å²) in [5, 5.41) is 0.956. The number of benzene rings is 1. The van der Waals surface area contributed by atoms with E-state index in [1.165, 1.54) is 4.31 Å². The van der Waals surface area contributed by atoms with Crippen LogP contribution in [0.15, 0.2) is 52.9 Å². The highest BCUT2D eigenvalue weighted by Crippen LogP contribution is 2.23. The van der Waals surface area contributed by atoms with Crippen molar-refractivity contribution in [1.82, 2.24) is 19.3 Å². The number of hydrogen-bond acceptors (Lipinski definition) is 7. The van der Waals surface area contributed by atoms with Crippen molar-refractivity contribution in [2.24, 2.45) is 0 Å². The van der Waals surface area contributed by atoms with E-state index in [1.807, 2.05) is 54.3 Å². The van der Waals surface area contributed by atoms with Crippen molar-refractivity contribution in [3.8, 4) is 0 Å². The second-order valence-electron chi connectivity index (χ2n) is 7.15. The molecular weight excluding hydrogens is 404 g/mol. The largest absolute Gasteiger partial charge is 0.422 e. The van der Waals surface area contributed by atoms with Crippen LogP contribution < -0.4 is 9.62 Å². The van der Waals surface area contributed by atoms with Crippen LogP contribution in [-0.2, 0) is 10.2 Å². The van der Waals surface area contributed by atoms with Gasteiger partial charge in [-0.1, -0.05) is 18.2 Å². The van der Waals surface area contributed by atoms with Crippen LogP contribution in [-0.4, -0.2) is 53.9 Å². The lowest BCUT2D eigenvalue weighted by Gasteiger charge is -2.32. The van der Waals surface area contributed by atoms with Crippen LogP contribution in [0.5, 0.6) is 0 Å². The van der Waals surface area contributed by atoms with Gasteiger partial charge < -0.3 is 9.32 Å². The number of nitrogens with zero attached hydrogens (tertiary/aromatic N) is 5. The molecule has 1 saturated heterocycles. The Morgan fingerprint density at radius 3 is 2.57 bits per heavy atom. The van der Waals surface area contributed by atoms with E-state index in [2.05, 4.69) is 19.7 Å². The summed E-state index contributed by atoms with van der Waals surface area (Å²) >= 11 is 0. The smallest absolute Gasteiger partial charge is 0.302 e. The minimum absolute atomic E-state index is 0.302. The van der Waals surface area contributed by atoms with Crippen molar-refractivity contribution in [3.05, 3.63) is 54.2 Å². The van der Waals surface area contributed by atoms with Crippen LogP contribution in [0.25, 0.3) is 22.1 Å². The summed E-state index contributed by atoms with van der Waals surface area (Å²) in [5.74, 6) is 0.302. The minimum Gasteiger partial charge on any atom is -0.422 e. The highest BCUT2D eigenvalue weighted by Gasteiger charge is 2.29. The Hall–Kier alpha value is -3.24. The first-order valence-electron chi connectivity index (χ1n) is 9.61. The molecule has 3 aromatic heterocycles. The quantitative estimate of drug-likeness (QED) is 0.537. The number of piperazine rings is 1. The molecule has 0 radical (unpaired) electrons. The third-order valence-corrected chi connectivity index (χ3v) is 6.57. The van der Waals surface area contributed by atoms with Crippen molar-refractivity contribution in [3.63, 3.8) is 0 Å². The van der Waals surface area contributed by atoms with Gasteiger partial charge in [0.15, 0.2) is 5.58 Å². The number of hydrogen-bond donors (Lipinski definition) is 1. The maximum absolute atomic E-state index is 12.8. The number of oxazole rings is 1. The molecule has 5 rings (SSSR count). The first-order valence-corrected chi connectivity index (χ1v) is 11.0. The zero-order chi connectivity index (χ0) is 20.7. The third kappa shape index (κ3) is 3.55. The van der Waals surface area contributed by atoms with Crippen LogP contribution in [0.1, 0.15) is 5.69 Å². The van der Waals surface area contributed by atoms with E-state index in [1.54, 1.807) is 6.07 Å². The molecule has 1 aromatic carbocycles. The Labute approximate surface area is 173 Å². The summed E-state index contributed by atoms with van der Waals surface area (Å²) in [6, 6.07) is 15.3. The van der Waals surface area contributed by atoms with Gasteiger partial charge in [0, 0.05) is 37.3 Å². The molecule has 0 spiro atoms. The number of fused-ring (bicyclic) bond motifs is 2. The lowest BCUT2D eigenvalue weighted by Crippen LogP contribution is -2.50. The lowest BCUT2D eigenvalue weighted by atomic mass is 10.2. The fraction of sp³-hybridized carbons (Fsp3) is 0.250. The molecule has 10 heteroatoms. The summed E-state index contributed by atoms with van der Waals surface area (Å²) in [6.07, 6.45) is 0. The number of nitrogens with one attached hydrogen (secondary N) is 1. The Morgan fingerprint density at radius 2 is 1.73 bits per heavy atom. The Morgan fingerprint density at radius 1 is 0.933 bits per heavy atom.